The highest BCUT2D eigenvalue weighted by Gasteiger charge is 2.23. The molecule has 0 N–H and O–H groups in total. The lowest BCUT2D eigenvalue weighted by Crippen LogP contribution is -2.33. The average Bonchev–Trinajstić information content (AvgIpc) is 2.64. The van der Waals surface area contributed by atoms with Crippen molar-refractivity contribution in [2.45, 2.75) is 6.92 Å². The molecule has 1 aliphatic heterocycles. The molecule has 0 bridgehead atoms. The van der Waals surface area contributed by atoms with Gasteiger partial charge in [-0.15, -0.1) is 0 Å². The smallest absolute Gasteiger partial charge is 0.262 e. The van der Waals surface area contributed by atoms with Crippen LogP contribution < -0.4 is 0 Å². The molecule has 4 heteroatoms. The molecule has 0 fully saturated rings. The molecule has 2 rings (SSSR count). The van der Waals surface area contributed by atoms with Crippen LogP contribution in [0.15, 0.2) is 29.3 Å². The second-order valence-electron chi connectivity index (χ2n) is 3.37. The number of amidine groups is 1. The summed E-state index contributed by atoms with van der Waals surface area (Å²) in [6.45, 7) is 2.90. The van der Waals surface area contributed by atoms with Gasteiger partial charge in [0.2, 0.25) is 0 Å². The van der Waals surface area contributed by atoms with Crippen LogP contribution in [0.25, 0.3) is 0 Å². The van der Waals surface area contributed by atoms with Gasteiger partial charge in [-0.2, -0.15) is 0 Å². The van der Waals surface area contributed by atoms with Crippen molar-refractivity contribution >= 4 is 11.7 Å². The van der Waals surface area contributed by atoms with Crippen LogP contribution in [0.3, 0.4) is 0 Å². The van der Waals surface area contributed by atoms with Crippen LogP contribution in [0.5, 0.6) is 0 Å². The number of amides is 1. The summed E-state index contributed by atoms with van der Waals surface area (Å²) in [4.78, 5) is 17.5. The minimum Gasteiger partial charge on any atom is -0.295 e. The normalized spacial score (nSPS) is 15.3. The first-order chi connectivity index (χ1) is 7.20. The molecule has 0 spiro atoms. The van der Waals surface area contributed by atoms with Crippen molar-refractivity contribution in [2.75, 3.05) is 13.1 Å². The zero-order valence-corrected chi connectivity index (χ0v) is 8.40. The summed E-state index contributed by atoms with van der Waals surface area (Å²) in [7, 11) is 0. The van der Waals surface area contributed by atoms with Gasteiger partial charge in [0.05, 0.1) is 12.1 Å². The van der Waals surface area contributed by atoms with E-state index in [1.165, 1.54) is 17.0 Å². The largest absolute Gasteiger partial charge is 0.295 e. The molecule has 0 saturated heterocycles. The maximum Gasteiger partial charge on any atom is 0.262 e. The second-order valence-corrected chi connectivity index (χ2v) is 3.37. The topological polar surface area (TPSA) is 32.7 Å². The lowest BCUT2D eigenvalue weighted by atomic mass is 10.2. The minimum absolute atomic E-state index is 0.106. The molecule has 0 saturated carbocycles. The van der Waals surface area contributed by atoms with E-state index in [9.17, 15) is 9.18 Å². The summed E-state index contributed by atoms with van der Waals surface area (Å²) >= 11 is 0. The summed E-state index contributed by atoms with van der Waals surface area (Å²) in [6, 6.07) is 5.99. The first kappa shape index (κ1) is 9.83. The van der Waals surface area contributed by atoms with Gasteiger partial charge in [0.1, 0.15) is 11.7 Å². The number of rotatable bonds is 1. The molecule has 3 nitrogen and oxygen atoms in total. The Hall–Kier alpha value is -1.71. The zero-order valence-electron chi connectivity index (χ0n) is 8.40. The van der Waals surface area contributed by atoms with Crippen molar-refractivity contribution < 1.29 is 9.18 Å². The van der Waals surface area contributed by atoms with Crippen LogP contribution >= 0.6 is 0 Å². The SMILES string of the molecule is CC1=NCCN1C(=O)c1ccccc1F. The van der Waals surface area contributed by atoms with Gasteiger partial charge in [-0.3, -0.25) is 14.7 Å². The molecular formula is C11H11FN2O. The summed E-state index contributed by atoms with van der Waals surface area (Å²) in [6.07, 6.45) is 0. The van der Waals surface area contributed by atoms with Crippen LogP contribution in [0.1, 0.15) is 17.3 Å². The highest BCUT2D eigenvalue weighted by molar-refractivity contribution is 6.06. The van der Waals surface area contributed by atoms with Crippen LogP contribution in [0, 0.1) is 5.82 Å². The predicted octanol–water partition coefficient (Wildman–Crippen LogP) is 1.70. The van der Waals surface area contributed by atoms with E-state index in [-0.39, 0.29) is 11.5 Å². The molecule has 0 atom stereocenters. The Morgan fingerprint density at radius 1 is 1.47 bits per heavy atom. The molecule has 78 valence electrons. The van der Waals surface area contributed by atoms with E-state index in [1.54, 1.807) is 19.1 Å². The first-order valence-electron chi connectivity index (χ1n) is 4.77. The van der Waals surface area contributed by atoms with Crippen molar-refractivity contribution in [1.29, 1.82) is 0 Å². The number of hydrogen-bond donors (Lipinski definition) is 0. The van der Waals surface area contributed by atoms with E-state index in [4.69, 9.17) is 0 Å². The number of carbonyl (C=O) groups excluding carboxylic acids is 1. The van der Waals surface area contributed by atoms with Gasteiger partial charge in [-0.05, 0) is 19.1 Å². The first-order valence-corrected chi connectivity index (χ1v) is 4.77. The fourth-order valence-electron chi connectivity index (χ4n) is 1.59. The minimum atomic E-state index is -0.484. The van der Waals surface area contributed by atoms with Crippen molar-refractivity contribution in [2.24, 2.45) is 4.99 Å². The Balaban J connectivity index is 2.29. The summed E-state index contributed by atoms with van der Waals surface area (Å²) in [5, 5.41) is 0. The molecule has 15 heavy (non-hydrogen) atoms. The molecule has 0 unspecified atom stereocenters. The molecule has 1 heterocycles. The molecule has 0 radical (unpaired) electrons. The summed E-state index contributed by atoms with van der Waals surface area (Å²) in [5.74, 6) is -0.141. The Kier molecular flexibility index (Phi) is 2.49. The van der Waals surface area contributed by atoms with Gasteiger partial charge >= 0.3 is 0 Å². The monoisotopic (exact) mass is 206 g/mol. The Bertz CT molecular complexity index is 428. The van der Waals surface area contributed by atoms with Crippen molar-refractivity contribution in [3.63, 3.8) is 0 Å². The van der Waals surface area contributed by atoms with E-state index < -0.39 is 5.82 Å². The van der Waals surface area contributed by atoms with Crippen LogP contribution in [-0.4, -0.2) is 29.7 Å². The lowest BCUT2D eigenvalue weighted by molar-refractivity contribution is 0.0853. The van der Waals surface area contributed by atoms with Gasteiger partial charge in [0, 0.05) is 6.54 Å². The van der Waals surface area contributed by atoms with E-state index in [1.807, 2.05) is 0 Å². The van der Waals surface area contributed by atoms with E-state index in [2.05, 4.69) is 4.99 Å². The van der Waals surface area contributed by atoms with E-state index >= 15 is 0 Å². The van der Waals surface area contributed by atoms with Gasteiger partial charge in [0.25, 0.3) is 5.91 Å². The molecule has 1 aromatic carbocycles. The molecule has 1 aliphatic rings. The van der Waals surface area contributed by atoms with Crippen molar-refractivity contribution in [3.05, 3.63) is 35.6 Å². The quantitative estimate of drug-likeness (QED) is 0.688. The standard InChI is InChI=1S/C11H11FN2O/c1-8-13-6-7-14(8)11(15)9-4-2-3-5-10(9)12/h2-5H,6-7H2,1H3. The van der Waals surface area contributed by atoms with Gasteiger partial charge in [-0.25, -0.2) is 4.39 Å². The number of benzene rings is 1. The molecule has 1 amide bonds. The van der Waals surface area contributed by atoms with Crippen LogP contribution in [0.4, 0.5) is 4.39 Å². The van der Waals surface area contributed by atoms with Gasteiger partial charge in [0.15, 0.2) is 0 Å². The molecular weight excluding hydrogens is 195 g/mol. The van der Waals surface area contributed by atoms with Crippen molar-refractivity contribution in [1.82, 2.24) is 4.90 Å². The molecule has 0 aromatic heterocycles. The Labute approximate surface area is 87.2 Å². The lowest BCUT2D eigenvalue weighted by Gasteiger charge is -2.15. The fourth-order valence-corrected chi connectivity index (χ4v) is 1.59. The molecule has 0 aliphatic carbocycles. The second kappa shape index (κ2) is 3.81. The third-order valence-corrected chi connectivity index (χ3v) is 2.40. The molecule has 1 aromatic rings. The number of nitrogens with zero attached hydrogens (tertiary/aromatic N) is 2. The maximum atomic E-state index is 13.3. The van der Waals surface area contributed by atoms with Crippen LogP contribution in [-0.2, 0) is 0 Å². The van der Waals surface area contributed by atoms with Gasteiger partial charge < -0.3 is 0 Å². The Morgan fingerprint density at radius 3 is 2.80 bits per heavy atom. The third kappa shape index (κ3) is 1.75. The fraction of sp³-hybridized carbons (Fsp3) is 0.273. The number of hydrogen-bond acceptors (Lipinski definition) is 2. The Morgan fingerprint density at radius 2 is 2.20 bits per heavy atom. The maximum absolute atomic E-state index is 13.3. The number of halogens is 1. The van der Waals surface area contributed by atoms with E-state index in [0.717, 1.165) is 0 Å². The summed E-state index contributed by atoms with van der Waals surface area (Å²) in [5.41, 5.74) is 0.106. The zero-order chi connectivity index (χ0) is 10.8. The van der Waals surface area contributed by atoms with Crippen molar-refractivity contribution in [3.8, 4) is 0 Å². The average molecular weight is 206 g/mol. The van der Waals surface area contributed by atoms with Crippen LogP contribution in [0.2, 0.25) is 0 Å². The highest BCUT2D eigenvalue weighted by Crippen LogP contribution is 2.12. The number of aliphatic imine (C=N–C) groups is 1. The van der Waals surface area contributed by atoms with Gasteiger partial charge in [-0.1, -0.05) is 12.1 Å². The van der Waals surface area contributed by atoms with E-state index in [0.29, 0.717) is 18.9 Å². The number of carbonyl (C=O) groups is 1. The predicted molar refractivity (Wildman–Crippen MR) is 55.4 cm³/mol. The summed E-state index contributed by atoms with van der Waals surface area (Å²) < 4.78 is 13.3. The third-order valence-electron chi connectivity index (χ3n) is 2.40. The highest BCUT2D eigenvalue weighted by atomic mass is 19.1.